The maximum atomic E-state index is 12.8. The second kappa shape index (κ2) is 11.4. The zero-order valence-corrected chi connectivity index (χ0v) is 19.4. The summed E-state index contributed by atoms with van der Waals surface area (Å²) in [6, 6.07) is 9.09. The molecule has 12 heteroatoms. The second-order valence-corrected chi connectivity index (χ2v) is 8.12. The highest BCUT2D eigenvalue weighted by atomic mass is 19.3. The van der Waals surface area contributed by atoms with E-state index in [9.17, 15) is 13.9 Å². The molecule has 0 aliphatic rings. The lowest BCUT2D eigenvalue weighted by atomic mass is 10.2. The highest BCUT2D eigenvalue weighted by molar-refractivity contribution is 5.56. The van der Waals surface area contributed by atoms with Gasteiger partial charge in [-0.3, -0.25) is 0 Å². The highest BCUT2D eigenvalue weighted by Crippen LogP contribution is 2.22. The molecule has 0 spiro atoms. The van der Waals surface area contributed by atoms with Crippen molar-refractivity contribution in [3.63, 3.8) is 0 Å². The first-order valence-electron chi connectivity index (χ1n) is 10.5. The largest absolute Gasteiger partial charge is 0.470 e. The molecule has 1 aromatic carbocycles. The molecular weight excluding hydrogens is 460 g/mol. The highest BCUT2D eigenvalue weighted by Gasteiger charge is 2.14. The molecule has 0 atom stereocenters. The smallest absolute Gasteiger partial charge is 0.316 e. The minimum Gasteiger partial charge on any atom is -0.470 e. The van der Waals surface area contributed by atoms with Gasteiger partial charge in [0, 0.05) is 35.3 Å². The number of ether oxygens (including phenoxy) is 2. The summed E-state index contributed by atoms with van der Waals surface area (Å²) in [5, 5.41) is 24.3. The van der Waals surface area contributed by atoms with E-state index in [4.69, 9.17) is 15.0 Å². The number of halogens is 2. The normalized spacial score (nSPS) is 12.2. The van der Waals surface area contributed by atoms with Gasteiger partial charge in [0.1, 0.15) is 13.2 Å². The fourth-order valence-corrected chi connectivity index (χ4v) is 2.65. The molecule has 0 saturated heterocycles. The molecule has 0 aliphatic heterocycles. The number of alkyl halides is 2. The Morgan fingerprint density at radius 3 is 2.31 bits per heavy atom. The minimum atomic E-state index is -2.55. The van der Waals surface area contributed by atoms with Crippen LogP contribution < -0.4 is 14.8 Å². The zero-order valence-electron chi connectivity index (χ0n) is 19.4. The lowest BCUT2D eigenvalue weighted by Crippen LogP contribution is -2.28. The van der Waals surface area contributed by atoms with Crippen LogP contribution in [0, 0.1) is 5.53 Å². The standard InChI is InChI=1S/C23H25F2N7O3/c1-14(30-26)19(29-17-6-4-15(5-7-17)21(24)25)12-34-20-9-8-18(31-32-20)16-10-27-22(28-11-16)35-13-23(2,3)33/h4-11,21,26,29,33H,12-13H2,1-3H3/b19-14-,30-26?. The van der Waals surface area contributed by atoms with Gasteiger partial charge in [-0.1, -0.05) is 12.1 Å². The summed E-state index contributed by atoms with van der Waals surface area (Å²) in [6.45, 7) is 4.90. The van der Waals surface area contributed by atoms with Crippen LogP contribution in [-0.2, 0) is 0 Å². The summed E-state index contributed by atoms with van der Waals surface area (Å²) in [7, 11) is 0. The van der Waals surface area contributed by atoms with Crippen molar-refractivity contribution in [1.29, 1.82) is 5.53 Å². The van der Waals surface area contributed by atoms with E-state index < -0.39 is 12.0 Å². The molecule has 3 rings (SSSR count). The Bertz CT molecular complexity index is 1150. The summed E-state index contributed by atoms with van der Waals surface area (Å²) in [5.74, 6) is 0.227. The monoisotopic (exact) mass is 485 g/mol. The number of hydrogen-bond donors (Lipinski definition) is 3. The van der Waals surface area contributed by atoms with Gasteiger partial charge >= 0.3 is 6.01 Å². The van der Waals surface area contributed by atoms with Crippen LogP contribution in [0.25, 0.3) is 11.3 Å². The van der Waals surface area contributed by atoms with Crippen LogP contribution in [0.15, 0.2) is 65.3 Å². The summed E-state index contributed by atoms with van der Waals surface area (Å²) in [4.78, 5) is 8.19. The predicted octanol–water partition coefficient (Wildman–Crippen LogP) is 4.77. The van der Waals surface area contributed by atoms with Gasteiger partial charge in [0.15, 0.2) is 0 Å². The summed E-state index contributed by atoms with van der Waals surface area (Å²) < 4.78 is 36.5. The number of anilines is 1. The third-order valence-corrected chi connectivity index (χ3v) is 4.55. The van der Waals surface area contributed by atoms with Crippen molar-refractivity contribution in [2.75, 3.05) is 18.5 Å². The molecule has 184 valence electrons. The first kappa shape index (κ1) is 25.6. The molecule has 3 N–H and O–H groups in total. The van der Waals surface area contributed by atoms with Crippen molar-refractivity contribution in [1.82, 2.24) is 20.2 Å². The molecule has 2 aromatic heterocycles. The van der Waals surface area contributed by atoms with Crippen molar-refractivity contribution in [3.8, 4) is 23.1 Å². The number of nitrogens with one attached hydrogen (secondary N) is 2. The topological polar surface area (TPSA) is 138 Å². The predicted molar refractivity (Wildman–Crippen MR) is 123 cm³/mol. The van der Waals surface area contributed by atoms with Gasteiger partial charge in [0.25, 0.3) is 6.43 Å². The summed E-state index contributed by atoms with van der Waals surface area (Å²) >= 11 is 0. The fraction of sp³-hybridized carbons (Fsp3) is 0.304. The molecule has 0 fully saturated rings. The van der Waals surface area contributed by atoms with E-state index >= 15 is 0 Å². The zero-order chi connectivity index (χ0) is 25.4. The van der Waals surface area contributed by atoms with Crippen LogP contribution in [0.5, 0.6) is 11.9 Å². The molecular formula is C23H25F2N7O3. The van der Waals surface area contributed by atoms with Gasteiger partial charge in [0.05, 0.1) is 22.7 Å². The van der Waals surface area contributed by atoms with Gasteiger partial charge in [0.2, 0.25) is 5.88 Å². The average molecular weight is 485 g/mol. The Labute approximate surface area is 200 Å². The van der Waals surface area contributed by atoms with Crippen LogP contribution >= 0.6 is 0 Å². The van der Waals surface area contributed by atoms with Crippen molar-refractivity contribution in [3.05, 3.63) is 65.7 Å². The van der Waals surface area contributed by atoms with Crippen molar-refractivity contribution in [2.45, 2.75) is 32.8 Å². The van der Waals surface area contributed by atoms with E-state index in [0.29, 0.717) is 28.3 Å². The first-order valence-corrected chi connectivity index (χ1v) is 10.5. The maximum absolute atomic E-state index is 12.8. The van der Waals surface area contributed by atoms with Crippen LogP contribution in [-0.4, -0.2) is 44.1 Å². The Balaban J connectivity index is 1.62. The molecule has 35 heavy (non-hydrogen) atoms. The van der Waals surface area contributed by atoms with E-state index in [1.54, 1.807) is 32.9 Å². The van der Waals surface area contributed by atoms with Gasteiger partial charge in [-0.05, 0) is 39.0 Å². The summed E-state index contributed by atoms with van der Waals surface area (Å²) in [5.41, 5.74) is 8.69. The SMILES string of the molecule is C/C(N=N)=C(\COc1ccc(-c2cnc(OCC(C)(C)O)nc2)nn1)Nc1ccc(C(F)F)cc1. The third-order valence-electron chi connectivity index (χ3n) is 4.55. The first-order chi connectivity index (χ1) is 16.6. The van der Waals surface area contributed by atoms with Crippen molar-refractivity contribution >= 4 is 5.69 Å². The van der Waals surface area contributed by atoms with E-state index in [0.717, 1.165) is 0 Å². The quantitative estimate of drug-likeness (QED) is 0.330. The van der Waals surface area contributed by atoms with Crippen LogP contribution in [0.4, 0.5) is 14.5 Å². The minimum absolute atomic E-state index is 0.00477. The Morgan fingerprint density at radius 2 is 1.77 bits per heavy atom. The average Bonchev–Trinajstić information content (AvgIpc) is 2.85. The Kier molecular flexibility index (Phi) is 8.31. The van der Waals surface area contributed by atoms with Gasteiger partial charge in [-0.25, -0.2) is 24.3 Å². The Morgan fingerprint density at radius 1 is 1.09 bits per heavy atom. The van der Waals surface area contributed by atoms with E-state index in [-0.39, 0.29) is 30.7 Å². The van der Waals surface area contributed by atoms with E-state index in [2.05, 4.69) is 30.6 Å². The molecule has 2 heterocycles. The van der Waals surface area contributed by atoms with Gasteiger partial charge in [-0.15, -0.1) is 10.2 Å². The fourth-order valence-electron chi connectivity index (χ4n) is 2.65. The lowest BCUT2D eigenvalue weighted by molar-refractivity contribution is 0.0250. The molecule has 0 bridgehead atoms. The third kappa shape index (κ3) is 7.74. The van der Waals surface area contributed by atoms with Crippen LogP contribution in [0.2, 0.25) is 0 Å². The number of benzene rings is 1. The van der Waals surface area contributed by atoms with E-state index in [1.165, 1.54) is 36.7 Å². The molecule has 10 nitrogen and oxygen atoms in total. The van der Waals surface area contributed by atoms with Gasteiger partial charge < -0.3 is 19.9 Å². The molecule has 0 amide bonds. The number of rotatable bonds is 11. The number of aromatic nitrogens is 4. The van der Waals surface area contributed by atoms with Crippen LogP contribution in [0.1, 0.15) is 32.8 Å². The summed E-state index contributed by atoms with van der Waals surface area (Å²) in [6.07, 6.45) is 0.506. The van der Waals surface area contributed by atoms with E-state index in [1.807, 2.05) is 0 Å². The number of hydrogen-bond acceptors (Lipinski definition) is 10. The van der Waals surface area contributed by atoms with Gasteiger partial charge in [-0.2, -0.15) is 5.11 Å². The van der Waals surface area contributed by atoms with Crippen molar-refractivity contribution < 1.29 is 23.4 Å². The molecule has 0 unspecified atom stereocenters. The number of aliphatic hydroxyl groups is 1. The molecule has 0 aliphatic carbocycles. The molecule has 0 radical (unpaired) electrons. The second-order valence-electron chi connectivity index (χ2n) is 8.12. The molecule has 3 aromatic rings. The maximum Gasteiger partial charge on any atom is 0.316 e. The lowest BCUT2D eigenvalue weighted by Gasteiger charge is -2.16. The van der Waals surface area contributed by atoms with Crippen molar-refractivity contribution in [2.24, 2.45) is 5.11 Å². The molecule has 0 saturated carbocycles. The number of allylic oxidation sites excluding steroid dienone is 1. The number of nitrogens with zero attached hydrogens (tertiary/aromatic N) is 5. The Hall–Kier alpha value is -4.06. The van der Waals surface area contributed by atoms with Crippen LogP contribution in [0.3, 0.4) is 0 Å².